The van der Waals surface area contributed by atoms with Crippen molar-refractivity contribution in [1.29, 1.82) is 0 Å². The van der Waals surface area contributed by atoms with E-state index in [0.717, 1.165) is 0 Å². The fourth-order valence-corrected chi connectivity index (χ4v) is 7.05. The van der Waals surface area contributed by atoms with Gasteiger partial charge in [0.2, 0.25) is 5.79 Å². The van der Waals surface area contributed by atoms with Gasteiger partial charge < -0.3 is 137 Å². The summed E-state index contributed by atoms with van der Waals surface area (Å²) in [6.45, 7) is -5.17. The van der Waals surface area contributed by atoms with Crippen LogP contribution in [-0.2, 0) is 38.0 Å². The van der Waals surface area contributed by atoms with Crippen LogP contribution in [0.2, 0.25) is 0 Å². The molecule has 27 nitrogen and oxygen atoms in total. The van der Waals surface area contributed by atoms with Crippen molar-refractivity contribution in [1.82, 2.24) is 0 Å². The fraction of sp³-hybridized carbons (Fsp3) is 0.966. The Morgan fingerprint density at radius 1 is 0.679 bits per heavy atom. The minimum Gasteiger partial charge on any atom is -0.394 e. The smallest absolute Gasteiger partial charge is 0.222 e. The van der Waals surface area contributed by atoms with Crippen LogP contribution in [0.1, 0.15) is 0 Å². The molecule has 0 aromatic rings. The second-order valence-electron chi connectivity index (χ2n) is 13.9. The number of aliphatic hydroxyl groups is 16. The molecule has 0 bridgehead atoms. The quantitative estimate of drug-likeness (QED) is 0.0681. The van der Waals surface area contributed by atoms with Crippen molar-refractivity contribution in [2.45, 2.75) is 146 Å². The summed E-state index contributed by atoms with van der Waals surface area (Å²) in [5.74, 6) is -3.46. The van der Waals surface area contributed by atoms with E-state index < -0.39 is 173 Å². The normalized spacial score (nSPS) is 49.8. The lowest BCUT2D eigenvalue weighted by molar-refractivity contribution is -0.476. The molecule has 4 saturated heterocycles. The number of hydrogen-bond donors (Lipinski definition) is 19. The third kappa shape index (κ3) is 8.35. The molecule has 0 aliphatic carbocycles. The van der Waals surface area contributed by atoms with E-state index in [2.05, 4.69) is 0 Å². The van der Waals surface area contributed by atoms with Gasteiger partial charge in [0.15, 0.2) is 30.8 Å². The van der Waals surface area contributed by atoms with E-state index in [1.54, 1.807) is 0 Å². The van der Waals surface area contributed by atoms with E-state index in [9.17, 15) is 86.5 Å². The number of carbonyl (C=O) groups is 1. The number of ether oxygens (including phenoxy) is 7. The van der Waals surface area contributed by atoms with Gasteiger partial charge in [-0.25, -0.2) is 0 Å². The Labute approximate surface area is 316 Å². The van der Waals surface area contributed by atoms with Crippen LogP contribution in [-0.4, -0.2) is 261 Å². The first-order valence-electron chi connectivity index (χ1n) is 17.2. The van der Waals surface area contributed by atoms with Crippen LogP contribution in [0.4, 0.5) is 0 Å². The maximum atomic E-state index is 11.9. The minimum atomic E-state index is -3.46. The van der Waals surface area contributed by atoms with Crippen molar-refractivity contribution >= 4 is 6.29 Å². The van der Waals surface area contributed by atoms with Gasteiger partial charge >= 0.3 is 0 Å². The first-order valence-corrected chi connectivity index (χ1v) is 17.2. The van der Waals surface area contributed by atoms with Crippen molar-refractivity contribution in [2.75, 3.05) is 26.4 Å². The molecule has 22 N–H and O–H groups in total. The predicted molar refractivity (Wildman–Crippen MR) is 170 cm³/mol. The second kappa shape index (κ2) is 18.9. The molecule has 4 heterocycles. The van der Waals surface area contributed by atoms with Crippen molar-refractivity contribution in [3.8, 4) is 0 Å². The van der Waals surface area contributed by atoms with E-state index in [1.807, 2.05) is 0 Å². The summed E-state index contributed by atoms with van der Waals surface area (Å²) in [5.41, 5.74) is 14.9. The first kappa shape index (κ1) is 47.3. The van der Waals surface area contributed by atoms with Crippen LogP contribution in [0.5, 0.6) is 0 Å². The average molecular weight is 828 g/mol. The maximum Gasteiger partial charge on any atom is 0.222 e. The van der Waals surface area contributed by atoms with Gasteiger partial charge in [-0.05, 0) is 0 Å². The van der Waals surface area contributed by atoms with E-state index in [1.165, 1.54) is 0 Å². The fourth-order valence-electron chi connectivity index (χ4n) is 7.05. The molecule has 4 fully saturated rings. The standard InChI is InChI=1S/C29H53N3O24/c30-6(1-33)11(39)20(7(38)2-34)55-29(22(32)19(47)21(9(4-36)54-29)51-26-10(31)13(41)12(40)8(3-35)50-26)28(5-37)23(15(43)17(45)25(49)56-28)52-27-18(46)14(42)16(44)24(48)53-27/h1,6-27,34-49H,2-5,30-32H2/t6?,7?,8-,9-,10?,11?,12?,13?,14?,15+,16?,17-,18?,19+,20?,21-,22-,23+,24?,25-,26?,27?,28+,29+/m1/s1. The maximum absolute atomic E-state index is 11.9. The minimum absolute atomic E-state index is 0.0331. The SMILES string of the molecule is NC(C=O)C(O)C(O[C@@]1([C@@]2(CO)O[C@@H](O)[C@H](O)[C@H](O)[C@@H]2OC2OC(O)C(O)C(O)C2O)O[C@H](CO)[C@@H](OC2O[C@H](CO)C(O)C(O)C2N)[C@H](O)[C@H]1N)C(O)CO. The second-order valence-corrected chi connectivity index (χ2v) is 13.9. The van der Waals surface area contributed by atoms with Gasteiger partial charge in [0.1, 0.15) is 97.8 Å². The van der Waals surface area contributed by atoms with Crippen molar-refractivity contribution in [2.24, 2.45) is 17.2 Å². The highest BCUT2D eigenvalue weighted by Gasteiger charge is 2.74. The van der Waals surface area contributed by atoms with Gasteiger partial charge in [-0.15, -0.1) is 0 Å². The highest BCUT2D eigenvalue weighted by molar-refractivity contribution is 5.58. The van der Waals surface area contributed by atoms with Gasteiger partial charge in [-0.2, -0.15) is 0 Å². The first-order chi connectivity index (χ1) is 26.2. The summed E-state index contributed by atoms with van der Waals surface area (Å²) in [7, 11) is 0. The summed E-state index contributed by atoms with van der Waals surface area (Å²) in [6, 6.07) is -6.03. The molecule has 4 aliphatic rings. The highest BCUT2D eigenvalue weighted by Crippen LogP contribution is 2.49. The van der Waals surface area contributed by atoms with Crippen LogP contribution in [0.15, 0.2) is 0 Å². The largest absolute Gasteiger partial charge is 0.394 e. The summed E-state index contributed by atoms with van der Waals surface area (Å²) in [6.07, 6.45) is -42.0. The van der Waals surface area contributed by atoms with Gasteiger partial charge in [-0.1, -0.05) is 0 Å². The van der Waals surface area contributed by atoms with Crippen LogP contribution in [0.25, 0.3) is 0 Å². The summed E-state index contributed by atoms with van der Waals surface area (Å²) < 4.78 is 39.5. The Morgan fingerprint density at radius 3 is 1.84 bits per heavy atom. The predicted octanol–water partition coefficient (Wildman–Crippen LogP) is -13.5. The number of nitrogens with two attached hydrogens (primary N) is 3. The van der Waals surface area contributed by atoms with E-state index >= 15 is 0 Å². The number of carbonyl (C=O) groups excluding carboxylic acids is 1. The lowest BCUT2D eigenvalue weighted by Gasteiger charge is -2.62. The molecule has 328 valence electrons. The molecule has 4 rings (SSSR count). The molecule has 0 amide bonds. The number of aldehydes is 1. The zero-order chi connectivity index (χ0) is 42.2. The Kier molecular flexibility index (Phi) is 16.0. The number of hydrogen-bond acceptors (Lipinski definition) is 27. The highest BCUT2D eigenvalue weighted by atomic mass is 16.8. The molecule has 56 heavy (non-hydrogen) atoms. The van der Waals surface area contributed by atoms with Gasteiger partial charge in [-0.3, -0.25) is 0 Å². The van der Waals surface area contributed by atoms with E-state index in [4.69, 9.17) is 50.4 Å². The zero-order valence-corrected chi connectivity index (χ0v) is 29.3. The lowest BCUT2D eigenvalue weighted by Crippen LogP contribution is -2.86. The number of rotatable bonds is 15. The molecule has 27 heteroatoms. The monoisotopic (exact) mass is 827 g/mol. The zero-order valence-electron chi connectivity index (χ0n) is 29.3. The summed E-state index contributed by atoms with van der Waals surface area (Å²) >= 11 is 0. The van der Waals surface area contributed by atoms with Gasteiger partial charge in [0.25, 0.3) is 0 Å². The molecule has 0 spiro atoms. The third-order valence-electron chi connectivity index (χ3n) is 10.4. The molecular weight excluding hydrogens is 774 g/mol. The van der Waals surface area contributed by atoms with Gasteiger partial charge in [0, 0.05) is 0 Å². The molecule has 0 saturated carbocycles. The van der Waals surface area contributed by atoms with E-state index in [-0.39, 0.29) is 6.29 Å². The van der Waals surface area contributed by atoms with Crippen molar-refractivity contribution in [3.05, 3.63) is 0 Å². The lowest BCUT2D eigenvalue weighted by atomic mass is 9.73. The van der Waals surface area contributed by atoms with Crippen LogP contribution in [0.3, 0.4) is 0 Å². The molecule has 0 radical (unpaired) electrons. The topological polar surface area (TPSA) is 483 Å². The summed E-state index contributed by atoms with van der Waals surface area (Å²) in [5, 5.41) is 170. The Balaban J connectivity index is 1.92. The van der Waals surface area contributed by atoms with Crippen LogP contribution >= 0.6 is 0 Å². The summed E-state index contributed by atoms with van der Waals surface area (Å²) in [4.78, 5) is 11.6. The molecule has 13 unspecified atom stereocenters. The molecule has 0 aromatic heterocycles. The molecule has 24 atom stereocenters. The number of aliphatic hydroxyl groups excluding tert-OH is 16. The third-order valence-corrected chi connectivity index (χ3v) is 10.4. The molecular formula is C29H53N3O24. The molecule has 0 aromatic carbocycles. The Bertz CT molecular complexity index is 1260. The van der Waals surface area contributed by atoms with Crippen LogP contribution in [0, 0.1) is 0 Å². The molecule has 4 aliphatic heterocycles. The average Bonchev–Trinajstić information content (AvgIpc) is 3.19. The van der Waals surface area contributed by atoms with Crippen LogP contribution < -0.4 is 17.2 Å². The van der Waals surface area contributed by atoms with Crippen molar-refractivity contribution < 1.29 is 120 Å². The van der Waals surface area contributed by atoms with E-state index in [0.29, 0.717) is 0 Å². The Hall–Kier alpha value is -1.37. The Morgan fingerprint density at radius 2 is 1.29 bits per heavy atom. The van der Waals surface area contributed by atoms with Crippen molar-refractivity contribution in [3.63, 3.8) is 0 Å². The van der Waals surface area contributed by atoms with Gasteiger partial charge in [0.05, 0.1) is 44.6 Å².